The van der Waals surface area contributed by atoms with Gasteiger partial charge in [0.1, 0.15) is 12.4 Å². The zero-order valence-electron chi connectivity index (χ0n) is 12.7. The molecule has 0 radical (unpaired) electrons. The van der Waals surface area contributed by atoms with Crippen LogP contribution < -0.4 is 4.74 Å². The fourth-order valence-corrected chi connectivity index (χ4v) is 2.36. The van der Waals surface area contributed by atoms with Gasteiger partial charge in [0, 0.05) is 32.4 Å². The van der Waals surface area contributed by atoms with E-state index >= 15 is 0 Å². The van der Waals surface area contributed by atoms with Gasteiger partial charge < -0.3 is 14.9 Å². The Morgan fingerprint density at radius 3 is 2.91 bits per heavy atom. The van der Waals surface area contributed by atoms with E-state index in [9.17, 15) is 8.78 Å². The summed E-state index contributed by atoms with van der Waals surface area (Å²) >= 11 is 0. The van der Waals surface area contributed by atoms with Gasteiger partial charge in [-0.05, 0) is 30.5 Å². The lowest BCUT2D eigenvalue weighted by Gasteiger charge is -2.29. The molecule has 0 bridgehead atoms. The Bertz CT molecular complexity index is 509. The lowest BCUT2D eigenvalue weighted by Crippen LogP contribution is -2.35. The summed E-state index contributed by atoms with van der Waals surface area (Å²) in [5.74, 6) is 0.506. The second-order valence-electron chi connectivity index (χ2n) is 5.27. The van der Waals surface area contributed by atoms with Gasteiger partial charge in [0.15, 0.2) is 0 Å². The average Bonchev–Trinajstić information content (AvgIpc) is 2.92. The van der Waals surface area contributed by atoms with Crippen molar-refractivity contribution in [2.45, 2.75) is 26.3 Å². The van der Waals surface area contributed by atoms with Crippen LogP contribution in [0, 0.1) is 6.92 Å². The standard InChI is InChI=1S/C16H22F2N2O2/c1-13-4-5-14(10-15(13)22-12-16(17)18)11-20-7-2-6-19(20)8-3-9-21/h2,4-6,10,16,21H,3,7-9,11-12H2,1H3. The highest BCUT2D eigenvalue weighted by Gasteiger charge is 2.16. The molecule has 0 spiro atoms. The van der Waals surface area contributed by atoms with Crippen LogP contribution in [-0.2, 0) is 6.54 Å². The van der Waals surface area contributed by atoms with Crippen LogP contribution in [0.1, 0.15) is 17.5 Å². The van der Waals surface area contributed by atoms with Gasteiger partial charge in [-0.25, -0.2) is 13.8 Å². The second kappa shape index (κ2) is 8.10. The number of hydrogen-bond donors (Lipinski definition) is 1. The highest BCUT2D eigenvalue weighted by molar-refractivity contribution is 5.36. The Morgan fingerprint density at radius 1 is 1.36 bits per heavy atom. The Kier molecular flexibility index (Phi) is 6.15. The van der Waals surface area contributed by atoms with E-state index in [2.05, 4.69) is 16.1 Å². The van der Waals surface area contributed by atoms with E-state index in [0.29, 0.717) is 18.7 Å². The van der Waals surface area contributed by atoms with Gasteiger partial charge in [-0.3, -0.25) is 0 Å². The Hall–Kier alpha value is -1.66. The number of halogens is 2. The monoisotopic (exact) mass is 312 g/mol. The molecule has 1 heterocycles. The van der Waals surface area contributed by atoms with E-state index in [0.717, 1.165) is 24.2 Å². The first-order valence-electron chi connectivity index (χ1n) is 7.39. The molecule has 0 aliphatic carbocycles. The van der Waals surface area contributed by atoms with E-state index in [1.54, 1.807) is 0 Å². The maximum atomic E-state index is 12.3. The summed E-state index contributed by atoms with van der Waals surface area (Å²) in [4.78, 5) is 0. The quantitative estimate of drug-likeness (QED) is 0.800. The van der Waals surface area contributed by atoms with Crippen LogP contribution in [0.15, 0.2) is 30.5 Å². The highest BCUT2D eigenvalue weighted by Crippen LogP contribution is 2.22. The highest BCUT2D eigenvalue weighted by atomic mass is 19.3. The van der Waals surface area contributed by atoms with Gasteiger partial charge in [-0.1, -0.05) is 18.2 Å². The van der Waals surface area contributed by atoms with Gasteiger partial charge >= 0.3 is 0 Å². The minimum absolute atomic E-state index is 0.161. The summed E-state index contributed by atoms with van der Waals surface area (Å²) in [6.07, 6.45) is 2.29. The topological polar surface area (TPSA) is 35.9 Å². The molecule has 0 saturated carbocycles. The summed E-state index contributed by atoms with van der Waals surface area (Å²) < 4.78 is 29.7. The van der Waals surface area contributed by atoms with Crippen LogP contribution in [0.2, 0.25) is 0 Å². The molecule has 0 unspecified atom stereocenters. The normalized spacial score (nSPS) is 15.0. The van der Waals surface area contributed by atoms with Gasteiger partial charge in [0.25, 0.3) is 6.43 Å². The first-order chi connectivity index (χ1) is 10.6. The van der Waals surface area contributed by atoms with Crippen LogP contribution >= 0.6 is 0 Å². The average molecular weight is 312 g/mol. The molecule has 0 atom stereocenters. The van der Waals surface area contributed by atoms with Crippen molar-refractivity contribution < 1.29 is 18.6 Å². The number of aryl methyl sites for hydroxylation is 1. The third-order valence-corrected chi connectivity index (χ3v) is 3.48. The van der Waals surface area contributed by atoms with Crippen molar-refractivity contribution in [2.75, 3.05) is 26.3 Å². The van der Waals surface area contributed by atoms with Crippen molar-refractivity contribution in [1.82, 2.24) is 10.0 Å². The molecule has 1 N–H and O–H groups in total. The van der Waals surface area contributed by atoms with E-state index in [1.165, 1.54) is 0 Å². The molecule has 122 valence electrons. The molecule has 0 amide bonds. The molecule has 0 aromatic heterocycles. The molecule has 22 heavy (non-hydrogen) atoms. The maximum Gasteiger partial charge on any atom is 0.272 e. The van der Waals surface area contributed by atoms with Crippen molar-refractivity contribution >= 4 is 0 Å². The molecule has 4 nitrogen and oxygen atoms in total. The smallest absolute Gasteiger partial charge is 0.272 e. The summed E-state index contributed by atoms with van der Waals surface area (Å²) in [7, 11) is 0. The zero-order chi connectivity index (χ0) is 15.9. The molecule has 6 heteroatoms. The Balaban J connectivity index is 1.98. The van der Waals surface area contributed by atoms with Crippen molar-refractivity contribution in [3.63, 3.8) is 0 Å². The van der Waals surface area contributed by atoms with Crippen molar-refractivity contribution in [3.05, 3.63) is 41.6 Å². The van der Waals surface area contributed by atoms with Crippen LogP contribution in [0.4, 0.5) is 8.78 Å². The lowest BCUT2D eigenvalue weighted by atomic mass is 10.1. The minimum Gasteiger partial charge on any atom is -0.487 e. The first-order valence-corrected chi connectivity index (χ1v) is 7.39. The number of nitrogens with zero attached hydrogens (tertiary/aromatic N) is 2. The van der Waals surface area contributed by atoms with Crippen LogP contribution in [-0.4, -0.2) is 47.9 Å². The number of hydrogen-bond acceptors (Lipinski definition) is 4. The summed E-state index contributed by atoms with van der Waals surface area (Å²) in [5.41, 5.74) is 1.86. The number of benzene rings is 1. The number of alkyl halides is 2. The molecule has 1 aliphatic heterocycles. The fraction of sp³-hybridized carbons (Fsp3) is 0.500. The summed E-state index contributed by atoms with van der Waals surface area (Å²) in [6, 6.07) is 5.69. The number of ether oxygens (including phenoxy) is 1. The van der Waals surface area contributed by atoms with Gasteiger partial charge in [0.05, 0.1) is 0 Å². The summed E-state index contributed by atoms with van der Waals surface area (Å²) in [6.45, 7) is 3.64. The summed E-state index contributed by atoms with van der Waals surface area (Å²) in [5, 5.41) is 13.1. The first kappa shape index (κ1) is 16.7. The van der Waals surface area contributed by atoms with E-state index < -0.39 is 13.0 Å². The van der Waals surface area contributed by atoms with E-state index in [1.807, 2.05) is 31.3 Å². The molecular weight excluding hydrogens is 290 g/mol. The molecule has 1 aromatic carbocycles. The third-order valence-electron chi connectivity index (χ3n) is 3.48. The van der Waals surface area contributed by atoms with E-state index in [4.69, 9.17) is 9.84 Å². The predicted molar refractivity (Wildman–Crippen MR) is 80.6 cm³/mol. The van der Waals surface area contributed by atoms with Crippen LogP contribution in [0.25, 0.3) is 0 Å². The Labute approximate surface area is 129 Å². The molecule has 0 saturated heterocycles. The van der Waals surface area contributed by atoms with Gasteiger partial charge in [0.2, 0.25) is 0 Å². The molecule has 1 aromatic rings. The number of aliphatic hydroxyl groups excluding tert-OH is 1. The number of hydrazine groups is 1. The van der Waals surface area contributed by atoms with Gasteiger partial charge in [-0.15, -0.1) is 0 Å². The number of aliphatic hydroxyl groups is 1. The molecule has 0 fully saturated rings. The molecule has 1 aliphatic rings. The van der Waals surface area contributed by atoms with Crippen LogP contribution in [0.3, 0.4) is 0 Å². The maximum absolute atomic E-state index is 12.3. The largest absolute Gasteiger partial charge is 0.487 e. The molecular formula is C16H22F2N2O2. The zero-order valence-corrected chi connectivity index (χ0v) is 12.7. The second-order valence-corrected chi connectivity index (χ2v) is 5.27. The molecule has 2 rings (SSSR count). The van der Waals surface area contributed by atoms with Crippen molar-refractivity contribution in [2.24, 2.45) is 0 Å². The fourth-order valence-electron chi connectivity index (χ4n) is 2.36. The third kappa shape index (κ3) is 4.68. The van der Waals surface area contributed by atoms with Crippen molar-refractivity contribution in [1.29, 1.82) is 0 Å². The van der Waals surface area contributed by atoms with Crippen LogP contribution in [0.5, 0.6) is 5.75 Å². The lowest BCUT2D eigenvalue weighted by molar-refractivity contribution is 0.0377. The minimum atomic E-state index is -2.47. The number of rotatable bonds is 8. The van der Waals surface area contributed by atoms with E-state index in [-0.39, 0.29) is 6.61 Å². The van der Waals surface area contributed by atoms with Gasteiger partial charge in [-0.2, -0.15) is 0 Å². The van der Waals surface area contributed by atoms with Crippen molar-refractivity contribution in [3.8, 4) is 5.75 Å². The Morgan fingerprint density at radius 2 is 2.18 bits per heavy atom. The predicted octanol–water partition coefficient (Wildman–Crippen LogP) is 2.57. The SMILES string of the molecule is Cc1ccc(CN2CC=CN2CCCO)cc1OCC(F)F.